The van der Waals surface area contributed by atoms with Crippen LogP contribution in [0.1, 0.15) is 35.7 Å². The highest BCUT2D eigenvalue weighted by atomic mass is 32.2. The van der Waals surface area contributed by atoms with Crippen LogP contribution in [-0.4, -0.2) is 28.8 Å². The normalized spacial score (nSPS) is 21.1. The predicted molar refractivity (Wildman–Crippen MR) is 79.9 cm³/mol. The molecule has 0 aromatic heterocycles. The second kappa shape index (κ2) is 6.79. The number of carbonyl (C=O) groups is 2. The molecular weight excluding hydrogens is 274 g/mol. The van der Waals surface area contributed by atoms with Gasteiger partial charge in [-0.05, 0) is 36.3 Å². The Morgan fingerprint density at radius 3 is 2.50 bits per heavy atom. The number of aliphatic carboxylic acids is 1. The van der Waals surface area contributed by atoms with Crippen molar-refractivity contribution in [2.75, 3.05) is 5.75 Å². The third-order valence-electron chi connectivity index (χ3n) is 3.51. The Morgan fingerprint density at radius 1 is 1.30 bits per heavy atom. The number of benzene rings is 1. The van der Waals surface area contributed by atoms with Crippen molar-refractivity contribution < 1.29 is 14.7 Å². The molecule has 0 heterocycles. The van der Waals surface area contributed by atoms with Crippen molar-refractivity contribution in [3.05, 3.63) is 35.4 Å². The van der Waals surface area contributed by atoms with Crippen LogP contribution in [0.25, 0.3) is 0 Å². The van der Waals surface area contributed by atoms with Gasteiger partial charge in [0.15, 0.2) is 0 Å². The van der Waals surface area contributed by atoms with Crippen molar-refractivity contribution in [1.82, 2.24) is 5.32 Å². The highest BCUT2D eigenvalue weighted by Gasteiger charge is 2.35. The van der Waals surface area contributed by atoms with Crippen molar-refractivity contribution in [3.8, 4) is 0 Å². The summed E-state index contributed by atoms with van der Waals surface area (Å²) in [6.45, 7) is 2.12. The summed E-state index contributed by atoms with van der Waals surface area (Å²) in [4.78, 5) is 22.7. The molecule has 0 aliphatic heterocycles. The van der Waals surface area contributed by atoms with E-state index >= 15 is 0 Å². The number of carbonyl (C=O) groups excluding carboxylic acids is 1. The first-order chi connectivity index (χ1) is 9.60. The maximum atomic E-state index is 12.0. The molecular formula is C15H19NO3S. The molecule has 1 amide bonds. The Morgan fingerprint density at radius 2 is 1.95 bits per heavy atom. The van der Waals surface area contributed by atoms with Crippen LogP contribution in [-0.2, 0) is 10.5 Å². The van der Waals surface area contributed by atoms with Crippen LogP contribution in [0.3, 0.4) is 0 Å². The van der Waals surface area contributed by atoms with Gasteiger partial charge in [-0.15, -0.1) is 0 Å². The van der Waals surface area contributed by atoms with Gasteiger partial charge in [0.1, 0.15) is 0 Å². The van der Waals surface area contributed by atoms with Crippen LogP contribution in [0.4, 0.5) is 0 Å². The molecule has 0 unspecified atom stereocenters. The number of nitrogens with one attached hydrogen (secondary N) is 1. The fourth-order valence-electron chi connectivity index (χ4n) is 2.18. The zero-order valence-corrected chi connectivity index (χ0v) is 12.3. The van der Waals surface area contributed by atoms with E-state index in [1.807, 2.05) is 36.0 Å². The minimum atomic E-state index is -0.770. The van der Waals surface area contributed by atoms with Crippen LogP contribution in [0, 0.1) is 5.92 Å². The van der Waals surface area contributed by atoms with Crippen LogP contribution in [0.15, 0.2) is 24.3 Å². The molecule has 0 radical (unpaired) electrons. The lowest BCUT2D eigenvalue weighted by atomic mass is 9.80. The van der Waals surface area contributed by atoms with Gasteiger partial charge >= 0.3 is 5.97 Å². The Kier molecular flexibility index (Phi) is 5.06. The zero-order chi connectivity index (χ0) is 14.5. The first kappa shape index (κ1) is 14.9. The number of carboxylic acids is 1. The largest absolute Gasteiger partial charge is 0.481 e. The van der Waals surface area contributed by atoms with Gasteiger partial charge in [-0.3, -0.25) is 9.59 Å². The summed E-state index contributed by atoms with van der Waals surface area (Å²) in [7, 11) is 0. The van der Waals surface area contributed by atoms with Gasteiger partial charge in [0, 0.05) is 17.4 Å². The molecule has 1 saturated carbocycles. The topological polar surface area (TPSA) is 66.4 Å². The first-order valence-corrected chi connectivity index (χ1v) is 7.96. The van der Waals surface area contributed by atoms with E-state index in [1.165, 1.54) is 5.56 Å². The van der Waals surface area contributed by atoms with Crippen LogP contribution in [0.2, 0.25) is 0 Å². The highest BCUT2D eigenvalue weighted by Crippen LogP contribution is 2.27. The maximum absolute atomic E-state index is 12.0. The summed E-state index contributed by atoms with van der Waals surface area (Å²) in [5.74, 6) is 0.853. The van der Waals surface area contributed by atoms with E-state index < -0.39 is 5.97 Å². The number of carboxylic acid groups (broad SMARTS) is 1. The zero-order valence-electron chi connectivity index (χ0n) is 11.5. The molecule has 1 aromatic rings. The molecule has 1 fully saturated rings. The predicted octanol–water partition coefficient (Wildman–Crippen LogP) is 2.53. The Labute approximate surface area is 123 Å². The molecule has 0 bridgehead atoms. The van der Waals surface area contributed by atoms with Gasteiger partial charge in [-0.2, -0.15) is 11.8 Å². The molecule has 2 rings (SSSR count). The summed E-state index contributed by atoms with van der Waals surface area (Å²) < 4.78 is 0. The summed E-state index contributed by atoms with van der Waals surface area (Å²) in [5, 5.41) is 11.7. The quantitative estimate of drug-likeness (QED) is 0.846. The average Bonchev–Trinajstić information content (AvgIpc) is 2.40. The Bertz CT molecular complexity index is 480. The third kappa shape index (κ3) is 3.76. The Hall–Kier alpha value is -1.49. The fraction of sp³-hybridized carbons (Fsp3) is 0.467. The molecule has 0 saturated heterocycles. The van der Waals surface area contributed by atoms with Gasteiger partial charge in [0.25, 0.3) is 5.91 Å². The lowest BCUT2D eigenvalue weighted by molar-refractivity contribution is -0.145. The van der Waals surface area contributed by atoms with Gasteiger partial charge in [-0.1, -0.05) is 19.1 Å². The number of hydrogen-bond acceptors (Lipinski definition) is 3. The molecule has 1 aliphatic carbocycles. The molecule has 0 spiro atoms. The second-order valence-corrected chi connectivity index (χ2v) is 6.29. The Balaban J connectivity index is 1.82. The van der Waals surface area contributed by atoms with Gasteiger partial charge < -0.3 is 10.4 Å². The molecule has 108 valence electrons. The van der Waals surface area contributed by atoms with Crippen molar-refractivity contribution in [2.45, 2.75) is 31.6 Å². The summed E-state index contributed by atoms with van der Waals surface area (Å²) >= 11 is 1.85. The summed E-state index contributed by atoms with van der Waals surface area (Å²) in [6.07, 6.45) is 1.07. The summed E-state index contributed by atoms with van der Waals surface area (Å²) in [5.41, 5.74) is 1.84. The lowest BCUT2D eigenvalue weighted by Gasteiger charge is -2.32. The van der Waals surface area contributed by atoms with Crippen LogP contribution in [0.5, 0.6) is 0 Å². The van der Waals surface area contributed by atoms with E-state index in [0.29, 0.717) is 18.4 Å². The molecule has 1 aromatic carbocycles. The van der Waals surface area contributed by atoms with E-state index in [0.717, 1.165) is 11.5 Å². The van der Waals surface area contributed by atoms with E-state index in [2.05, 4.69) is 12.2 Å². The molecule has 20 heavy (non-hydrogen) atoms. The minimum absolute atomic E-state index is 0.000997. The monoisotopic (exact) mass is 293 g/mol. The van der Waals surface area contributed by atoms with Crippen molar-refractivity contribution in [2.24, 2.45) is 5.92 Å². The van der Waals surface area contributed by atoms with Crippen LogP contribution < -0.4 is 5.32 Å². The SMILES string of the molecule is CCSCc1ccc(C(=O)NC2CC(C(=O)O)C2)cc1. The van der Waals surface area contributed by atoms with Crippen LogP contribution >= 0.6 is 11.8 Å². The van der Waals surface area contributed by atoms with E-state index in [9.17, 15) is 9.59 Å². The van der Waals surface area contributed by atoms with Gasteiger partial charge in [0.05, 0.1) is 5.92 Å². The third-order valence-corrected chi connectivity index (χ3v) is 4.46. The minimum Gasteiger partial charge on any atom is -0.481 e. The van der Waals surface area contributed by atoms with Crippen molar-refractivity contribution in [3.63, 3.8) is 0 Å². The van der Waals surface area contributed by atoms with E-state index in [4.69, 9.17) is 5.11 Å². The first-order valence-electron chi connectivity index (χ1n) is 6.80. The van der Waals surface area contributed by atoms with Gasteiger partial charge in [0.2, 0.25) is 0 Å². The molecule has 1 aliphatic rings. The highest BCUT2D eigenvalue weighted by molar-refractivity contribution is 7.98. The van der Waals surface area contributed by atoms with Gasteiger partial charge in [-0.25, -0.2) is 0 Å². The lowest BCUT2D eigenvalue weighted by Crippen LogP contribution is -2.46. The fourth-order valence-corrected chi connectivity index (χ4v) is 2.81. The van der Waals surface area contributed by atoms with Crippen molar-refractivity contribution >= 4 is 23.6 Å². The standard InChI is InChI=1S/C15H19NO3S/c1-2-20-9-10-3-5-11(6-4-10)14(17)16-13-7-12(8-13)15(18)19/h3-6,12-13H,2,7-9H2,1H3,(H,16,17)(H,18,19). The molecule has 2 N–H and O–H groups in total. The van der Waals surface area contributed by atoms with E-state index in [1.54, 1.807) is 0 Å². The second-order valence-electron chi connectivity index (χ2n) is 5.01. The van der Waals surface area contributed by atoms with E-state index in [-0.39, 0.29) is 17.9 Å². The smallest absolute Gasteiger partial charge is 0.306 e. The number of hydrogen-bond donors (Lipinski definition) is 2. The molecule has 5 heteroatoms. The number of amides is 1. The molecule has 0 atom stereocenters. The average molecular weight is 293 g/mol. The van der Waals surface area contributed by atoms with Crippen molar-refractivity contribution in [1.29, 1.82) is 0 Å². The molecule has 4 nitrogen and oxygen atoms in total. The maximum Gasteiger partial charge on any atom is 0.306 e. The summed E-state index contributed by atoms with van der Waals surface area (Å²) in [6, 6.07) is 7.60. The number of thioether (sulfide) groups is 1. The number of rotatable bonds is 6.